The molecular weight excluding hydrogens is 414 g/mol. The maximum absolute atomic E-state index is 13.0. The van der Waals surface area contributed by atoms with E-state index in [1.54, 1.807) is 39.4 Å². The van der Waals surface area contributed by atoms with Crippen molar-refractivity contribution < 1.29 is 28.6 Å². The zero-order valence-electron chi connectivity index (χ0n) is 18.8. The lowest BCUT2D eigenvalue weighted by Crippen LogP contribution is -2.29. The van der Waals surface area contributed by atoms with Gasteiger partial charge in [-0.15, -0.1) is 0 Å². The number of ether oxygens (including phenoxy) is 3. The molecule has 0 bridgehead atoms. The fourth-order valence-corrected chi connectivity index (χ4v) is 3.81. The number of H-pyrrole nitrogens is 1. The number of aromatic nitrogens is 1. The predicted octanol–water partition coefficient (Wildman–Crippen LogP) is 2.59. The number of carbonyl (C=O) groups is 3. The summed E-state index contributed by atoms with van der Waals surface area (Å²) in [5, 5.41) is 6.27. The molecule has 172 valence electrons. The molecule has 2 amide bonds. The SMILES string of the molecule is CCOC(=O)C(=CCC[C@H]1CCNC1=O)NC(=O)c1[nH]c2cc(OC)c(OC)cc2c1C. The summed E-state index contributed by atoms with van der Waals surface area (Å²) in [6.07, 6.45) is 3.45. The second-order valence-electron chi connectivity index (χ2n) is 7.52. The van der Waals surface area contributed by atoms with Crippen LogP contribution in [0.4, 0.5) is 0 Å². The molecule has 9 heteroatoms. The van der Waals surface area contributed by atoms with Crippen LogP contribution in [0.3, 0.4) is 0 Å². The Kier molecular flexibility index (Phi) is 7.40. The minimum atomic E-state index is -0.617. The molecule has 0 unspecified atom stereocenters. The van der Waals surface area contributed by atoms with Crippen LogP contribution in [0.25, 0.3) is 10.9 Å². The van der Waals surface area contributed by atoms with Crippen molar-refractivity contribution in [1.29, 1.82) is 0 Å². The number of hydrogen-bond acceptors (Lipinski definition) is 6. The Morgan fingerprint density at radius 1 is 1.22 bits per heavy atom. The summed E-state index contributed by atoms with van der Waals surface area (Å²) < 4.78 is 15.8. The topological polar surface area (TPSA) is 119 Å². The molecule has 9 nitrogen and oxygen atoms in total. The van der Waals surface area contributed by atoms with E-state index in [1.165, 1.54) is 0 Å². The minimum Gasteiger partial charge on any atom is -0.493 e. The molecule has 2 heterocycles. The standard InChI is InChI=1S/C23H29N3O6/c1-5-32-23(29)16(8-6-7-14-9-10-24-21(14)27)26-22(28)20-13(2)15-11-18(30-3)19(31-4)12-17(15)25-20/h8,11-12,14,25H,5-7,9-10H2,1-4H3,(H,24,27)(H,26,28)/t14-/m0/s1. The van der Waals surface area contributed by atoms with Gasteiger partial charge in [-0.05, 0) is 44.7 Å². The second-order valence-corrected chi connectivity index (χ2v) is 7.52. The lowest BCUT2D eigenvalue weighted by atomic mass is 10.0. The van der Waals surface area contributed by atoms with Crippen molar-refractivity contribution in [2.45, 2.75) is 33.1 Å². The van der Waals surface area contributed by atoms with Crippen molar-refractivity contribution in [3.8, 4) is 11.5 Å². The summed E-state index contributed by atoms with van der Waals surface area (Å²) in [6, 6.07) is 3.55. The molecule has 1 aromatic carbocycles. The third kappa shape index (κ3) is 4.87. The van der Waals surface area contributed by atoms with Crippen LogP contribution >= 0.6 is 0 Å². The molecule has 0 radical (unpaired) electrons. The van der Waals surface area contributed by atoms with Gasteiger partial charge < -0.3 is 29.8 Å². The summed E-state index contributed by atoms with van der Waals surface area (Å²) in [4.78, 5) is 40.3. The molecular formula is C23H29N3O6. The molecule has 1 aromatic heterocycles. The van der Waals surface area contributed by atoms with Crippen LogP contribution in [0.15, 0.2) is 23.9 Å². The predicted molar refractivity (Wildman–Crippen MR) is 119 cm³/mol. The van der Waals surface area contributed by atoms with E-state index < -0.39 is 11.9 Å². The second kappa shape index (κ2) is 10.2. The first-order chi connectivity index (χ1) is 15.4. The maximum Gasteiger partial charge on any atom is 0.354 e. The molecule has 1 aliphatic rings. The summed E-state index contributed by atoms with van der Waals surface area (Å²) >= 11 is 0. The Morgan fingerprint density at radius 2 is 1.94 bits per heavy atom. The summed E-state index contributed by atoms with van der Waals surface area (Å²) in [5.41, 5.74) is 1.80. The quantitative estimate of drug-likeness (QED) is 0.405. The van der Waals surface area contributed by atoms with Crippen LogP contribution in [-0.2, 0) is 14.3 Å². The Bertz CT molecular complexity index is 1060. The van der Waals surface area contributed by atoms with Gasteiger partial charge in [-0.2, -0.15) is 0 Å². The molecule has 1 fully saturated rings. The van der Waals surface area contributed by atoms with Crippen LogP contribution in [0, 0.1) is 12.8 Å². The van der Waals surface area contributed by atoms with Crippen molar-refractivity contribution in [3.05, 3.63) is 35.2 Å². The number of rotatable bonds is 9. The molecule has 0 aliphatic carbocycles. The smallest absolute Gasteiger partial charge is 0.354 e. The van der Waals surface area contributed by atoms with Gasteiger partial charge in [-0.1, -0.05) is 6.08 Å². The van der Waals surface area contributed by atoms with Gasteiger partial charge in [0.1, 0.15) is 11.4 Å². The number of allylic oxidation sites excluding steroid dienone is 1. The first-order valence-electron chi connectivity index (χ1n) is 10.6. The van der Waals surface area contributed by atoms with Gasteiger partial charge in [-0.25, -0.2) is 4.79 Å². The molecule has 0 saturated carbocycles. The minimum absolute atomic E-state index is 0.0275. The molecule has 32 heavy (non-hydrogen) atoms. The molecule has 3 N–H and O–H groups in total. The molecule has 2 aromatic rings. The first-order valence-corrected chi connectivity index (χ1v) is 10.6. The molecule has 1 atom stereocenters. The Labute approximate surface area is 186 Å². The largest absolute Gasteiger partial charge is 0.493 e. The number of fused-ring (bicyclic) bond motifs is 1. The molecule has 0 spiro atoms. The van der Waals surface area contributed by atoms with E-state index in [0.29, 0.717) is 47.7 Å². The summed E-state index contributed by atoms with van der Waals surface area (Å²) in [7, 11) is 3.09. The Hall–Kier alpha value is -3.49. The van der Waals surface area contributed by atoms with Crippen LogP contribution < -0.4 is 20.1 Å². The Morgan fingerprint density at radius 3 is 2.56 bits per heavy atom. The van der Waals surface area contributed by atoms with Gasteiger partial charge in [0.2, 0.25) is 5.91 Å². The molecule has 3 rings (SSSR count). The average Bonchev–Trinajstić information content (AvgIpc) is 3.34. The third-order valence-corrected chi connectivity index (χ3v) is 5.56. The molecule has 1 aliphatic heterocycles. The number of amides is 2. The van der Waals surface area contributed by atoms with Crippen molar-refractivity contribution in [3.63, 3.8) is 0 Å². The zero-order chi connectivity index (χ0) is 23.3. The number of aryl methyl sites for hydroxylation is 1. The number of methoxy groups -OCH3 is 2. The average molecular weight is 444 g/mol. The van der Waals surface area contributed by atoms with E-state index in [1.807, 2.05) is 6.92 Å². The van der Waals surface area contributed by atoms with Crippen molar-refractivity contribution in [2.75, 3.05) is 27.4 Å². The van der Waals surface area contributed by atoms with Crippen molar-refractivity contribution >= 4 is 28.7 Å². The summed E-state index contributed by atoms with van der Waals surface area (Å²) in [6.45, 7) is 4.36. The van der Waals surface area contributed by atoms with Gasteiger partial charge >= 0.3 is 5.97 Å². The first kappa shape index (κ1) is 23.2. The van der Waals surface area contributed by atoms with Gasteiger partial charge in [0.25, 0.3) is 5.91 Å². The van der Waals surface area contributed by atoms with Crippen LogP contribution in [0.2, 0.25) is 0 Å². The highest BCUT2D eigenvalue weighted by molar-refractivity contribution is 6.05. The van der Waals surface area contributed by atoms with Crippen LogP contribution in [-0.4, -0.2) is 50.1 Å². The fraction of sp³-hybridized carbons (Fsp3) is 0.435. The number of benzene rings is 1. The number of aromatic amines is 1. The monoisotopic (exact) mass is 443 g/mol. The Balaban J connectivity index is 1.82. The number of nitrogens with one attached hydrogen (secondary N) is 3. The van der Waals surface area contributed by atoms with Crippen molar-refractivity contribution in [1.82, 2.24) is 15.6 Å². The van der Waals surface area contributed by atoms with E-state index in [-0.39, 0.29) is 24.1 Å². The van der Waals surface area contributed by atoms with E-state index >= 15 is 0 Å². The number of esters is 1. The lowest BCUT2D eigenvalue weighted by Gasteiger charge is -2.10. The van der Waals surface area contributed by atoms with E-state index in [4.69, 9.17) is 14.2 Å². The van der Waals surface area contributed by atoms with Crippen molar-refractivity contribution in [2.24, 2.45) is 5.92 Å². The van der Waals surface area contributed by atoms with Gasteiger partial charge in [0.15, 0.2) is 11.5 Å². The summed E-state index contributed by atoms with van der Waals surface area (Å²) in [5.74, 6) is -0.0391. The zero-order valence-corrected chi connectivity index (χ0v) is 18.8. The van der Waals surface area contributed by atoms with Gasteiger partial charge in [0, 0.05) is 23.9 Å². The van der Waals surface area contributed by atoms with Gasteiger partial charge in [-0.3, -0.25) is 9.59 Å². The molecule has 1 saturated heterocycles. The number of carbonyl (C=O) groups excluding carboxylic acids is 3. The van der Waals surface area contributed by atoms with Crippen LogP contribution in [0.5, 0.6) is 11.5 Å². The van der Waals surface area contributed by atoms with Crippen LogP contribution in [0.1, 0.15) is 42.2 Å². The normalized spacial score (nSPS) is 16.1. The van der Waals surface area contributed by atoms with E-state index in [2.05, 4.69) is 15.6 Å². The maximum atomic E-state index is 13.0. The van der Waals surface area contributed by atoms with E-state index in [0.717, 1.165) is 11.8 Å². The van der Waals surface area contributed by atoms with Gasteiger partial charge in [0.05, 0.1) is 26.3 Å². The fourth-order valence-electron chi connectivity index (χ4n) is 3.81. The highest BCUT2D eigenvalue weighted by Gasteiger charge is 2.24. The third-order valence-electron chi connectivity index (χ3n) is 5.56. The highest BCUT2D eigenvalue weighted by Crippen LogP contribution is 2.34. The lowest BCUT2D eigenvalue weighted by molar-refractivity contribution is -0.138. The highest BCUT2D eigenvalue weighted by atomic mass is 16.5. The van der Waals surface area contributed by atoms with E-state index in [9.17, 15) is 14.4 Å². The number of hydrogen-bond donors (Lipinski definition) is 3.